The highest BCUT2D eigenvalue weighted by Crippen LogP contribution is 2.58. The van der Waals surface area contributed by atoms with Gasteiger partial charge in [-0.15, -0.1) is 5.10 Å². The second-order valence-corrected chi connectivity index (χ2v) is 8.20. The molecule has 0 unspecified atom stereocenters. The van der Waals surface area contributed by atoms with Crippen molar-refractivity contribution in [3.8, 4) is 11.5 Å². The van der Waals surface area contributed by atoms with Crippen LogP contribution in [0.5, 0.6) is 0 Å². The Morgan fingerprint density at radius 1 is 1.23 bits per heavy atom. The molecule has 1 aliphatic heterocycles. The number of carbonyl (C=O) groups is 1. The Balaban J connectivity index is 1.64. The van der Waals surface area contributed by atoms with E-state index in [0.717, 1.165) is 31.0 Å². The van der Waals surface area contributed by atoms with Crippen molar-refractivity contribution in [2.75, 3.05) is 16.8 Å². The molecule has 0 radical (unpaired) electrons. The van der Waals surface area contributed by atoms with Crippen LogP contribution < -0.4 is 10.2 Å². The van der Waals surface area contributed by atoms with E-state index in [-0.39, 0.29) is 22.8 Å². The van der Waals surface area contributed by atoms with Crippen molar-refractivity contribution in [3.05, 3.63) is 36.0 Å². The van der Waals surface area contributed by atoms with Gasteiger partial charge in [0.2, 0.25) is 11.7 Å². The number of hydrogen-bond donors (Lipinski definition) is 1. The Hall–Kier alpha value is -3.50. The molecule has 9 nitrogen and oxygen atoms in total. The van der Waals surface area contributed by atoms with Crippen LogP contribution in [0, 0.1) is 0 Å². The molecule has 31 heavy (non-hydrogen) atoms. The standard InChI is InChI=1S/C20H20F2N8O/c1-11(31)25-15-7-14-12(8-23-15)20(4-5-20)9-30(14)16-6-13(17-24-10-29(3)28-17)26-18(27-16)19(2,21)22/h6-8,10H,4-5,9H2,1-3H3,(H,23,25,31). The molecular formula is C20H20F2N8O. The highest BCUT2D eigenvalue weighted by molar-refractivity contribution is 5.89. The number of carbonyl (C=O) groups excluding carboxylic acids is 1. The first-order valence-corrected chi connectivity index (χ1v) is 9.84. The van der Waals surface area contributed by atoms with Gasteiger partial charge < -0.3 is 10.2 Å². The summed E-state index contributed by atoms with van der Waals surface area (Å²) in [5, 5.41) is 6.88. The first-order chi connectivity index (χ1) is 14.6. The molecule has 0 saturated heterocycles. The van der Waals surface area contributed by atoms with E-state index in [2.05, 4.69) is 30.4 Å². The minimum absolute atomic E-state index is 0.0691. The van der Waals surface area contributed by atoms with Gasteiger partial charge in [0, 0.05) is 56.7 Å². The third-order valence-electron chi connectivity index (χ3n) is 5.57. The van der Waals surface area contributed by atoms with Crippen LogP contribution in [0.3, 0.4) is 0 Å². The number of nitrogens with zero attached hydrogens (tertiary/aromatic N) is 7. The monoisotopic (exact) mass is 426 g/mol. The minimum atomic E-state index is -3.24. The average Bonchev–Trinajstić information content (AvgIpc) is 3.23. The highest BCUT2D eigenvalue weighted by Gasteiger charge is 2.53. The number of alkyl halides is 2. The topological polar surface area (TPSA) is 102 Å². The maximum absolute atomic E-state index is 14.2. The van der Waals surface area contributed by atoms with Crippen molar-refractivity contribution in [1.82, 2.24) is 29.7 Å². The van der Waals surface area contributed by atoms with E-state index in [1.807, 2.05) is 4.90 Å². The number of rotatable bonds is 4. The SMILES string of the molecule is CC(=O)Nc1cc2c(cn1)C1(CC1)CN2c1cc(-c2ncn(C)n2)nc(C(C)(F)F)n1. The van der Waals surface area contributed by atoms with E-state index < -0.39 is 11.7 Å². The molecule has 4 heterocycles. The fraction of sp³-hybridized carbons (Fsp3) is 0.400. The molecule has 1 fully saturated rings. The van der Waals surface area contributed by atoms with Gasteiger partial charge in [-0.25, -0.2) is 19.9 Å². The molecule has 3 aromatic rings. The van der Waals surface area contributed by atoms with Gasteiger partial charge in [-0.3, -0.25) is 9.48 Å². The molecule has 1 amide bonds. The van der Waals surface area contributed by atoms with Crippen LogP contribution >= 0.6 is 0 Å². The molecule has 11 heteroatoms. The highest BCUT2D eigenvalue weighted by atomic mass is 19.3. The fourth-order valence-electron chi connectivity index (χ4n) is 3.92. The molecule has 160 valence electrons. The van der Waals surface area contributed by atoms with Crippen LogP contribution in [0.15, 0.2) is 24.7 Å². The maximum atomic E-state index is 14.2. The van der Waals surface area contributed by atoms with Gasteiger partial charge in [0.05, 0.1) is 5.69 Å². The molecule has 1 spiro atoms. The van der Waals surface area contributed by atoms with E-state index in [1.165, 1.54) is 17.9 Å². The average molecular weight is 426 g/mol. The Bertz CT molecular complexity index is 1200. The second kappa shape index (κ2) is 6.50. The third kappa shape index (κ3) is 3.39. The van der Waals surface area contributed by atoms with Crippen LogP contribution in [0.25, 0.3) is 11.5 Å². The smallest absolute Gasteiger partial charge is 0.303 e. The van der Waals surface area contributed by atoms with Crippen molar-refractivity contribution in [1.29, 1.82) is 0 Å². The Kier molecular flexibility index (Phi) is 4.08. The summed E-state index contributed by atoms with van der Waals surface area (Å²) in [6.45, 7) is 2.76. The zero-order chi connectivity index (χ0) is 22.0. The summed E-state index contributed by atoms with van der Waals surface area (Å²) < 4.78 is 30.0. The molecule has 1 N–H and O–H groups in total. The van der Waals surface area contributed by atoms with Gasteiger partial charge >= 0.3 is 5.92 Å². The van der Waals surface area contributed by atoms with Crippen LogP contribution in [-0.2, 0) is 23.2 Å². The molecule has 1 aliphatic carbocycles. The fourth-order valence-corrected chi connectivity index (χ4v) is 3.92. The molecule has 5 rings (SSSR count). The maximum Gasteiger partial charge on any atom is 0.303 e. The van der Waals surface area contributed by atoms with E-state index in [9.17, 15) is 13.6 Å². The van der Waals surface area contributed by atoms with E-state index >= 15 is 0 Å². The molecule has 0 aromatic carbocycles. The first-order valence-electron chi connectivity index (χ1n) is 9.84. The van der Waals surface area contributed by atoms with E-state index in [4.69, 9.17) is 0 Å². The predicted molar refractivity (Wildman–Crippen MR) is 108 cm³/mol. The van der Waals surface area contributed by atoms with Crippen molar-refractivity contribution in [2.45, 2.75) is 38.0 Å². The lowest BCUT2D eigenvalue weighted by Gasteiger charge is -2.21. The zero-order valence-corrected chi connectivity index (χ0v) is 17.2. The second-order valence-electron chi connectivity index (χ2n) is 8.20. The summed E-state index contributed by atoms with van der Waals surface area (Å²) >= 11 is 0. The van der Waals surface area contributed by atoms with E-state index in [0.29, 0.717) is 18.2 Å². The minimum Gasteiger partial charge on any atom is -0.325 e. The van der Waals surface area contributed by atoms with Gasteiger partial charge in [-0.1, -0.05) is 0 Å². The summed E-state index contributed by atoms with van der Waals surface area (Å²) in [4.78, 5) is 30.1. The van der Waals surface area contributed by atoms with Crippen LogP contribution in [0.4, 0.5) is 26.1 Å². The number of halogens is 2. The number of pyridine rings is 1. The largest absolute Gasteiger partial charge is 0.325 e. The number of fused-ring (bicyclic) bond motifs is 2. The predicted octanol–water partition coefficient (Wildman–Crippen LogP) is 2.92. The Morgan fingerprint density at radius 3 is 2.61 bits per heavy atom. The van der Waals surface area contributed by atoms with Gasteiger partial charge in [0.1, 0.15) is 23.7 Å². The zero-order valence-electron chi connectivity index (χ0n) is 17.2. The molecular weight excluding hydrogens is 406 g/mol. The van der Waals surface area contributed by atoms with Crippen molar-refractivity contribution in [2.24, 2.45) is 7.05 Å². The normalized spacial score (nSPS) is 16.5. The van der Waals surface area contributed by atoms with Gasteiger partial charge in [-0.05, 0) is 12.8 Å². The summed E-state index contributed by atoms with van der Waals surface area (Å²) in [5.74, 6) is -3.10. The summed E-state index contributed by atoms with van der Waals surface area (Å²) in [7, 11) is 1.69. The molecule has 0 atom stereocenters. The quantitative estimate of drug-likeness (QED) is 0.684. The molecule has 1 saturated carbocycles. The van der Waals surface area contributed by atoms with Crippen LogP contribution in [0.1, 0.15) is 38.1 Å². The third-order valence-corrected chi connectivity index (χ3v) is 5.57. The number of amides is 1. The first kappa shape index (κ1) is 19.5. The summed E-state index contributed by atoms with van der Waals surface area (Å²) in [5.41, 5.74) is 1.97. The van der Waals surface area contributed by atoms with Crippen molar-refractivity contribution in [3.63, 3.8) is 0 Å². The van der Waals surface area contributed by atoms with Crippen molar-refractivity contribution < 1.29 is 13.6 Å². The number of hydrogen-bond acceptors (Lipinski definition) is 7. The molecule has 2 aliphatic rings. The molecule has 0 bridgehead atoms. The van der Waals surface area contributed by atoms with Gasteiger partial charge in [0.25, 0.3) is 0 Å². The van der Waals surface area contributed by atoms with Gasteiger partial charge in [-0.2, -0.15) is 8.78 Å². The number of aromatic nitrogens is 6. The van der Waals surface area contributed by atoms with E-state index in [1.54, 1.807) is 25.4 Å². The molecule has 3 aromatic heterocycles. The Morgan fingerprint density at radius 2 is 2.00 bits per heavy atom. The van der Waals surface area contributed by atoms with Crippen molar-refractivity contribution >= 4 is 23.2 Å². The number of nitrogens with one attached hydrogen (secondary N) is 1. The van der Waals surface area contributed by atoms with Crippen LogP contribution in [-0.4, -0.2) is 42.2 Å². The lowest BCUT2D eigenvalue weighted by molar-refractivity contribution is -0.114. The summed E-state index contributed by atoms with van der Waals surface area (Å²) in [6.07, 6.45) is 5.20. The van der Waals surface area contributed by atoms with Gasteiger partial charge in [0.15, 0.2) is 5.82 Å². The number of anilines is 3. The number of aryl methyl sites for hydroxylation is 1. The Labute approximate surface area is 176 Å². The lowest BCUT2D eigenvalue weighted by atomic mass is 10.0. The summed E-state index contributed by atoms with van der Waals surface area (Å²) in [6, 6.07) is 3.38. The lowest BCUT2D eigenvalue weighted by Crippen LogP contribution is -2.23. The van der Waals surface area contributed by atoms with Crippen LogP contribution in [0.2, 0.25) is 0 Å².